The molecule has 0 radical (unpaired) electrons. The van der Waals surface area contributed by atoms with Crippen molar-refractivity contribution in [1.82, 2.24) is 0 Å². The zero-order valence-electron chi connectivity index (χ0n) is 10.2. The van der Waals surface area contributed by atoms with Crippen LogP contribution in [0.5, 0.6) is 0 Å². The summed E-state index contributed by atoms with van der Waals surface area (Å²) in [6.07, 6.45) is 4.31. The van der Waals surface area contributed by atoms with Crippen molar-refractivity contribution in [3.63, 3.8) is 0 Å². The van der Waals surface area contributed by atoms with Gasteiger partial charge in [0, 0.05) is 24.8 Å². The molecule has 0 amide bonds. The fourth-order valence-electron chi connectivity index (χ4n) is 1.46. The Balaban J connectivity index is 3.63. The third kappa shape index (κ3) is 8.20. The Kier molecular flexibility index (Phi) is 8.04. The van der Waals surface area contributed by atoms with Crippen LogP contribution >= 0.6 is 0 Å². The maximum Gasteiger partial charge on any atom is 0.136 e. The summed E-state index contributed by atoms with van der Waals surface area (Å²) in [6.45, 7) is 5.81. The van der Waals surface area contributed by atoms with Crippen molar-refractivity contribution in [2.75, 3.05) is 0 Å². The minimum Gasteiger partial charge on any atom is -0.328 e. The van der Waals surface area contributed by atoms with E-state index in [1.165, 1.54) is 0 Å². The number of carbonyl (C=O) groups excluding carboxylic acids is 1. The fraction of sp³-hybridized carbons (Fsp3) is 0.769. The molecule has 0 heterocycles. The largest absolute Gasteiger partial charge is 0.328 e. The molecule has 0 saturated carbocycles. The van der Waals surface area contributed by atoms with Crippen LogP contribution in [0.1, 0.15) is 52.9 Å². The summed E-state index contributed by atoms with van der Waals surface area (Å²) in [4.78, 5) is 11.6. The first-order chi connectivity index (χ1) is 7.07. The summed E-state index contributed by atoms with van der Waals surface area (Å²) in [7, 11) is 0. The Bertz CT molecular complexity index is 235. The second-order valence-electron chi connectivity index (χ2n) is 4.20. The molecule has 2 atom stereocenters. The molecule has 0 saturated heterocycles. The molecule has 2 N–H and O–H groups in total. The van der Waals surface area contributed by atoms with Gasteiger partial charge in [-0.1, -0.05) is 13.3 Å². The molecular weight excluding hydrogens is 186 g/mol. The van der Waals surface area contributed by atoms with Crippen LogP contribution < -0.4 is 5.73 Å². The molecule has 0 aromatic rings. The van der Waals surface area contributed by atoms with Gasteiger partial charge in [0.1, 0.15) is 5.78 Å². The van der Waals surface area contributed by atoms with E-state index in [1.54, 1.807) is 6.92 Å². The van der Waals surface area contributed by atoms with Crippen molar-refractivity contribution < 1.29 is 4.79 Å². The molecule has 0 aliphatic heterocycles. The van der Waals surface area contributed by atoms with E-state index in [4.69, 9.17) is 5.73 Å². The van der Waals surface area contributed by atoms with Crippen LogP contribution in [0.2, 0.25) is 0 Å². The van der Waals surface area contributed by atoms with Gasteiger partial charge in [0.15, 0.2) is 0 Å². The number of hydrogen-bond acceptors (Lipinski definition) is 2. The highest BCUT2D eigenvalue weighted by Gasteiger charge is 2.11. The minimum absolute atomic E-state index is 0.169. The minimum atomic E-state index is 0.169. The van der Waals surface area contributed by atoms with Crippen molar-refractivity contribution in [2.24, 2.45) is 11.7 Å². The van der Waals surface area contributed by atoms with Gasteiger partial charge in [0.05, 0.1) is 0 Å². The lowest BCUT2D eigenvalue weighted by Crippen LogP contribution is -2.16. The molecule has 0 rings (SSSR count). The normalized spacial score (nSPS) is 13.9. The number of Topliss-reactive ketones (excluding diaryl/α,β-unsaturated/α-hetero) is 1. The predicted molar refractivity (Wildman–Crippen MR) is 64.4 cm³/mol. The lowest BCUT2D eigenvalue weighted by molar-refractivity contribution is -0.122. The molecule has 0 aliphatic carbocycles. The monoisotopic (exact) mass is 209 g/mol. The van der Waals surface area contributed by atoms with Crippen LogP contribution in [0, 0.1) is 17.8 Å². The van der Waals surface area contributed by atoms with E-state index in [-0.39, 0.29) is 12.0 Å². The second kappa shape index (κ2) is 8.49. The molecule has 0 bridgehead atoms. The fourth-order valence-corrected chi connectivity index (χ4v) is 1.46. The van der Waals surface area contributed by atoms with Crippen LogP contribution in [0.4, 0.5) is 0 Å². The molecular formula is C13H23NO. The average molecular weight is 209 g/mol. The molecule has 2 heteroatoms. The van der Waals surface area contributed by atoms with Gasteiger partial charge in [-0.2, -0.15) is 0 Å². The predicted octanol–water partition coefficient (Wildman–Crippen LogP) is 2.51. The van der Waals surface area contributed by atoms with Gasteiger partial charge in [-0.25, -0.2) is 0 Å². The quantitative estimate of drug-likeness (QED) is 0.655. The zero-order chi connectivity index (χ0) is 11.7. The van der Waals surface area contributed by atoms with Crippen LogP contribution in [-0.2, 0) is 4.79 Å². The van der Waals surface area contributed by atoms with Crippen molar-refractivity contribution in [1.29, 1.82) is 0 Å². The lowest BCUT2D eigenvalue weighted by atomic mass is 9.95. The second-order valence-corrected chi connectivity index (χ2v) is 4.20. The highest BCUT2D eigenvalue weighted by atomic mass is 16.1. The Morgan fingerprint density at radius 3 is 2.53 bits per heavy atom. The van der Waals surface area contributed by atoms with Gasteiger partial charge in [0.2, 0.25) is 0 Å². The molecule has 0 fully saturated rings. The molecule has 0 aromatic heterocycles. The average Bonchev–Trinajstić information content (AvgIpc) is 2.17. The van der Waals surface area contributed by atoms with Gasteiger partial charge < -0.3 is 5.73 Å². The smallest absolute Gasteiger partial charge is 0.136 e. The highest BCUT2D eigenvalue weighted by Crippen LogP contribution is 2.12. The van der Waals surface area contributed by atoms with Crippen molar-refractivity contribution >= 4 is 5.78 Å². The first kappa shape index (κ1) is 14.2. The Hall–Kier alpha value is -0.810. The molecule has 86 valence electrons. The lowest BCUT2D eigenvalue weighted by Gasteiger charge is -2.10. The summed E-state index contributed by atoms with van der Waals surface area (Å²) in [5.74, 6) is 6.22. The van der Waals surface area contributed by atoms with E-state index in [2.05, 4.69) is 11.8 Å². The summed E-state index contributed by atoms with van der Waals surface area (Å²) in [6, 6.07) is 0.248. The third-order valence-electron chi connectivity index (χ3n) is 2.52. The van der Waals surface area contributed by atoms with Gasteiger partial charge in [-0.15, -0.1) is 11.8 Å². The Labute approximate surface area is 93.6 Å². The number of hydrogen-bond donors (Lipinski definition) is 1. The molecule has 15 heavy (non-hydrogen) atoms. The number of ketones is 1. The van der Waals surface area contributed by atoms with Crippen molar-refractivity contribution in [3.05, 3.63) is 0 Å². The standard InChI is InChI=1S/C13H23NO/c1-4-5-6-10-13(15)11(2)8-7-9-12(3)14/h11-12H,6-10,14H2,1-3H3. The van der Waals surface area contributed by atoms with Crippen LogP contribution in [0.15, 0.2) is 0 Å². The number of carbonyl (C=O) groups is 1. The van der Waals surface area contributed by atoms with Gasteiger partial charge >= 0.3 is 0 Å². The van der Waals surface area contributed by atoms with Gasteiger partial charge in [-0.3, -0.25) is 4.79 Å². The van der Waals surface area contributed by atoms with Crippen LogP contribution in [0.3, 0.4) is 0 Å². The number of rotatable bonds is 7. The van der Waals surface area contributed by atoms with Crippen LogP contribution in [0.25, 0.3) is 0 Å². The first-order valence-corrected chi connectivity index (χ1v) is 5.75. The van der Waals surface area contributed by atoms with E-state index >= 15 is 0 Å². The summed E-state index contributed by atoms with van der Waals surface area (Å²) < 4.78 is 0. The highest BCUT2D eigenvalue weighted by molar-refractivity contribution is 5.80. The first-order valence-electron chi connectivity index (χ1n) is 5.75. The molecule has 0 aliphatic rings. The topological polar surface area (TPSA) is 43.1 Å². The maximum atomic E-state index is 11.6. The maximum absolute atomic E-state index is 11.6. The SMILES string of the molecule is CC#CCCC(=O)C(C)CCCC(C)N. The van der Waals surface area contributed by atoms with E-state index in [9.17, 15) is 4.79 Å². The van der Waals surface area contributed by atoms with E-state index < -0.39 is 0 Å². The van der Waals surface area contributed by atoms with E-state index in [0.717, 1.165) is 19.3 Å². The Morgan fingerprint density at radius 2 is 2.00 bits per heavy atom. The molecule has 2 unspecified atom stereocenters. The number of nitrogens with two attached hydrogens (primary N) is 1. The van der Waals surface area contributed by atoms with E-state index in [1.807, 2.05) is 13.8 Å². The van der Waals surface area contributed by atoms with Gasteiger partial charge in [0.25, 0.3) is 0 Å². The third-order valence-corrected chi connectivity index (χ3v) is 2.52. The van der Waals surface area contributed by atoms with Crippen molar-refractivity contribution in [2.45, 2.75) is 58.9 Å². The molecule has 0 spiro atoms. The van der Waals surface area contributed by atoms with Gasteiger partial charge in [-0.05, 0) is 26.7 Å². The molecule has 2 nitrogen and oxygen atoms in total. The zero-order valence-corrected chi connectivity index (χ0v) is 10.2. The van der Waals surface area contributed by atoms with Crippen LogP contribution in [-0.4, -0.2) is 11.8 Å². The summed E-state index contributed by atoms with van der Waals surface area (Å²) in [5.41, 5.74) is 5.65. The Morgan fingerprint density at radius 1 is 1.33 bits per heavy atom. The summed E-state index contributed by atoms with van der Waals surface area (Å²) >= 11 is 0. The van der Waals surface area contributed by atoms with E-state index in [0.29, 0.717) is 18.6 Å². The molecule has 0 aromatic carbocycles. The van der Waals surface area contributed by atoms with Crippen molar-refractivity contribution in [3.8, 4) is 11.8 Å². The summed E-state index contributed by atoms with van der Waals surface area (Å²) in [5, 5.41) is 0.